The van der Waals surface area contributed by atoms with Crippen LogP contribution in [0.15, 0.2) is 6.20 Å². The maximum Gasteiger partial charge on any atom is 0.161 e. The van der Waals surface area contributed by atoms with Crippen molar-refractivity contribution in [3.8, 4) is 5.75 Å². The van der Waals surface area contributed by atoms with E-state index in [2.05, 4.69) is 5.10 Å². The summed E-state index contributed by atoms with van der Waals surface area (Å²) < 4.78 is 12.3. The van der Waals surface area contributed by atoms with E-state index < -0.39 is 0 Å². The van der Waals surface area contributed by atoms with E-state index >= 15 is 0 Å². The Morgan fingerprint density at radius 1 is 1.50 bits per heavy atom. The minimum atomic E-state index is -0.255. The predicted molar refractivity (Wildman–Crippen MR) is 62.4 cm³/mol. The summed E-state index contributed by atoms with van der Waals surface area (Å²) in [5.41, 5.74) is 6.80. The SMILES string of the molecule is COc1cnn(C)c1C(N)CC(C)(C)OC. The second-order valence-corrected chi connectivity index (χ2v) is 4.50. The zero-order valence-corrected chi connectivity index (χ0v) is 10.7. The van der Waals surface area contributed by atoms with Gasteiger partial charge in [0.15, 0.2) is 5.75 Å². The summed E-state index contributed by atoms with van der Waals surface area (Å²) in [5.74, 6) is 0.724. The molecular formula is C11H21N3O2. The van der Waals surface area contributed by atoms with Crippen molar-refractivity contribution in [2.24, 2.45) is 12.8 Å². The summed E-state index contributed by atoms with van der Waals surface area (Å²) in [6.07, 6.45) is 2.38. The molecule has 0 saturated heterocycles. The van der Waals surface area contributed by atoms with Crippen LogP contribution in [0.3, 0.4) is 0 Å². The fourth-order valence-corrected chi connectivity index (χ4v) is 1.72. The molecule has 0 fully saturated rings. The number of ether oxygens (including phenoxy) is 2. The first-order chi connectivity index (χ1) is 7.41. The van der Waals surface area contributed by atoms with Gasteiger partial charge in [0, 0.05) is 14.2 Å². The van der Waals surface area contributed by atoms with Gasteiger partial charge in [0.2, 0.25) is 0 Å². The number of aryl methyl sites for hydroxylation is 1. The number of nitrogens with zero attached hydrogens (tertiary/aromatic N) is 2. The standard InChI is InChI=1S/C11H21N3O2/c1-11(2,16-5)6-8(12)10-9(15-4)7-13-14(10)3/h7-8H,6,12H2,1-5H3. The lowest BCUT2D eigenvalue weighted by atomic mass is 9.97. The maximum absolute atomic E-state index is 6.16. The molecule has 2 N–H and O–H groups in total. The minimum Gasteiger partial charge on any atom is -0.493 e. The van der Waals surface area contributed by atoms with Gasteiger partial charge in [0.25, 0.3) is 0 Å². The van der Waals surface area contributed by atoms with Gasteiger partial charge in [-0.25, -0.2) is 0 Å². The van der Waals surface area contributed by atoms with Gasteiger partial charge in [0.05, 0.1) is 30.6 Å². The summed E-state index contributed by atoms with van der Waals surface area (Å²) in [4.78, 5) is 0. The lowest BCUT2D eigenvalue weighted by Gasteiger charge is -2.26. The van der Waals surface area contributed by atoms with Crippen LogP contribution >= 0.6 is 0 Å². The third-order valence-electron chi connectivity index (χ3n) is 2.78. The van der Waals surface area contributed by atoms with Crippen molar-refractivity contribution >= 4 is 0 Å². The number of hydrogen-bond donors (Lipinski definition) is 1. The third kappa shape index (κ3) is 2.74. The third-order valence-corrected chi connectivity index (χ3v) is 2.78. The molecular weight excluding hydrogens is 206 g/mol. The molecule has 0 aliphatic carbocycles. The highest BCUT2D eigenvalue weighted by Crippen LogP contribution is 2.29. The molecule has 0 saturated carbocycles. The van der Waals surface area contributed by atoms with Gasteiger partial charge >= 0.3 is 0 Å². The molecule has 1 rings (SSSR count). The molecule has 0 bridgehead atoms. The molecule has 1 unspecified atom stereocenters. The fourth-order valence-electron chi connectivity index (χ4n) is 1.72. The highest BCUT2D eigenvalue weighted by atomic mass is 16.5. The van der Waals surface area contributed by atoms with Crippen LogP contribution in [0.4, 0.5) is 0 Å². The van der Waals surface area contributed by atoms with Crippen LogP contribution in [0.2, 0.25) is 0 Å². The Balaban J connectivity index is 2.87. The van der Waals surface area contributed by atoms with Crippen LogP contribution in [0.25, 0.3) is 0 Å². The largest absolute Gasteiger partial charge is 0.493 e. The second-order valence-electron chi connectivity index (χ2n) is 4.50. The summed E-state index contributed by atoms with van der Waals surface area (Å²) in [5, 5.41) is 4.14. The van der Waals surface area contributed by atoms with Gasteiger partial charge in [-0.05, 0) is 20.3 Å². The van der Waals surface area contributed by atoms with Crippen LogP contribution in [0, 0.1) is 0 Å². The lowest BCUT2D eigenvalue weighted by molar-refractivity contribution is 0.00927. The van der Waals surface area contributed by atoms with Crippen molar-refractivity contribution in [3.63, 3.8) is 0 Å². The average molecular weight is 227 g/mol. The van der Waals surface area contributed by atoms with Crippen LogP contribution in [-0.2, 0) is 11.8 Å². The Hall–Kier alpha value is -1.07. The molecule has 0 aliphatic rings. The zero-order chi connectivity index (χ0) is 12.3. The molecule has 5 heteroatoms. The average Bonchev–Trinajstić information content (AvgIpc) is 2.59. The zero-order valence-electron chi connectivity index (χ0n) is 10.7. The number of methoxy groups -OCH3 is 2. The lowest BCUT2D eigenvalue weighted by Crippen LogP contribution is -2.30. The topological polar surface area (TPSA) is 62.3 Å². The normalized spacial score (nSPS) is 13.9. The molecule has 1 aromatic rings. The maximum atomic E-state index is 6.16. The quantitative estimate of drug-likeness (QED) is 0.822. The van der Waals surface area contributed by atoms with Crippen molar-refractivity contribution in [2.45, 2.75) is 31.9 Å². The Labute approximate surface area is 96.5 Å². The first kappa shape index (κ1) is 13.0. The number of hydrogen-bond acceptors (Lipinski definition) is 4. The minimum absolute atomic E-state index is 0.155. The molecule has 1 atom stereocenters. The van der Waals surface area contributed by atoms with Crippen molar-refractivity contribution in [2.75, 3.05) is 14.2 Å². The Morgan fingerprint density at radius 2 is 2.12 bits per heavy atom. The van der Waals surface area contributed by atoms with E-state index in [0.717, 1.165) is 11.4 Å². The van der Waals surface area contributed by atoms with Gasteiger partial charge in [-0.15, -0.1) is 0 Å². The molecule has 1 aromatic heterocycles. The summed E-state index contributed by atoms with van der Waals surface area (Å²) >= 11 is 0. The number of aromatic nitrogens is 2. The molecule has 0 aromatic carbocycles. The van der Waals surface area contributed by atoms with Crippen molar-refractivity contribution < 1.29 is 9.47 Å². The van der Waals surface area contributed by atoms with Crippen molar-refractivity contribution in [1.82, 2.24) is 9.78 Å². The molecule has 0 amide bonds. The Morgan fingerprint density at radius 3 is 2.62 bits per heavy atom. The molecule has 16 heavy (non-hydrogen) atoms. The second kappa shape index (κ2) is 4.84. The fraction of sp³-hybridized carbons (Fsp3) is 0.727. The van der Waals surface area contributed by atoms with Gasteiger partial charge < -0.3 is 15.2 Å². The van der Waals surface area contributed by atoms with E-state index in [1.807, 2.05) is 20.9 Å². The van der Waals surface area contributed by atoms with E-state index in [0.29, 0.717) is 6.42 Å². The molecule has 5 nitrogen and oxygen atoms in total. The van der Waals surface area contributed by atoms with Crippen LogP contribution in [-0.4, -0.2) is 29.6 Å². The first-order valence-corrected chi connectivity index (χ1v) is 5.28. The van der Waals surface area contributed by atoms with Gasteiger partial charge in [-0.1, -0.05) is 0 Å². The Kier molecular flexibility index (Phi) is 3.93. The predicted octanol–water partition coefficient (Wildman–Crippen LogP) is 1.24. The van der Waals surface area contributed by atoms with E-state index in [4.69, 9.17) is 15.2 Å². The highest BCUT2D eigenvalue weighted by molar-refractivity contribution is 5.28. The summed E-state index contributed by atoms with van der Waals surface area (Å²) in [6.45, 7) is 4.02. The molecule has 0 aliphatic heterocycles. The van der Waals surface area contributed by atoms with Crippen LogP contribution in [0.1, 0.15) is 32.0 Å². The smallest absolute Gasteiger partial charge is 0.161 e. The van der Waals surface area contributed by atoms with Crippen LogP contribution in [0.5, 0.6) is 5.75 Å². The van der Waals surface area contributed by atoms with E-state index in [-0.39, 0.29) is 11.6 Å². The van der Waals surface area contributed by atoms with Gasteiger partial charge in [0.1, 0.15) is 0 Å². The van der Waals surface area contributed by atoms with Crippen molar-refractivity contribution in [3.05, 3.63) is 11.9 Å². The highest BCUT2D eigenvalue weighted by Gasteiger charge is 2.25. The van der Waals surface area contributed by atoms with Gasteiger partial charge in [-0.2, -0.15) is 5.10 Å². The molecule has 0 radical (unpaired) electrons. The molecule has 92 valence electrons. The van der Waals surface area contributed by atoms with E-state index in [9.17, 15) is 0 Å². The number of rotatable bonds is 5. The molecule has 1 heterocycles. The number of nitrogens with two attached hydrogens (primary N) is 1. The van der Waals surface area contributed by atoms with E-state index in [1.165, 1.54) is 0 Å². The Bertz CT molecular complexity index is 347. The summed E-state index contributed by atoms with van der Waals surface area (Å²) in [7, 11) is 5.17. The van der Waals surface area contributed by atoms with E-state index in [1.54, 1.807) is 25.1 Å². The van der Waals surface area contributed by atoms with Crippen molar-refractivity contribution in [1.29, 1.82) is 0 Å². The van der Waals surface area contributed by atoms with Crippen LogP contribution < -0.4 is 10.5 Å². The molecule has 0 spiro atoms. The monoisotopic (exact) mass is 227 g/mol. The van der Waals surface area contributed by atoms with Gasteiger partial charge in [-0.3, -0.25) is 4.68 Å². The summed E-state index contributed by atoms with van der Waals surface area (Å²) in [6, 6.07) is -0.155. The first-order valence-electron chi connectivity index (χ1n) is 5.28.